The van der Waals surface area contributed by atoms with Gasteiger partial charge in [0.1, 0.15) is 11.6 Å². The second kappa shape index (κ2) is 8.55. The predicted molar refractivity (Wildman–Crippen MR) is 74.7 cm³/mol. The summed E-state index contributed by atoms with van der Waals surface area (Å²) in [4.78, 5) is 3.79. The number of halogens is 5. The van der Waals surface area contributed by atoms with Crippen LogP contribution in [-0.2, 0) is 6.42 Å². The van der Waals surface area contributed by atoms with Gasteiger partial charge in [0, 0.05) is 19.2 Å². The molecule has 2 N–H and O–H groups in total. The van der Waals surface area contributed by atoms with Crippen molar-refractivity contribution in [2.24, 2.45) is 4.99 Å². The van der Waals surface area contributed by atoms with Gasteiger partial charge < -0.3 is 10.6 Å². The summed E-state index contributed by atoms with van der Waals surface area (Å²) in [5, 5.41) is 5.62. The molecule has 0 aliphatic carbocycles. The highest BCUT2D eigenvalue weighted by Gasteiger charge is 2.26. The van der Waals surface area contributed by atoms with Gasteiger partial charge in [-0.25, -0.2) is 8.78 Å². The van der Waals surface area contributed by atoms with Gasteiger partial charge in [-0.05, 0) is 31.0 Å². The number of nitrogens with zero attached hydrogens (tertiary/aromatic N) is 1. The zero-order valence-corrected chi connectivity index (χ0v) is 12.1. The lowest BCUT2D eigenvalue weighted by Crippen LogP contribution is -2.38. The second-order valence-corrected chi connectivity index (χ2v) is 4.58. The van der Waals surface area contributed by atoms with Crippen molar-refractivity contribution in [2.45, 2.75) is 25.9 Å². The number of aliphatic imine (C=N–C) groups is 1. The summed E-state index contributed by atoms with van der Waals surface area (Å²) in [6.07, 6.45) is -4.93. The summed E-state index contributed by atoms with van der Waals surface area (Å²) >= 11 is 0. The number of hydrogen-bond acceptors (Lipinski definition) is 1. The SMILES string of the molecule is CCNC(=NCCC(F)(F)F)NCCc1cc(F)cc(F)c1. The molecule has 0 fully saturated rings. The van der Waals surface area contributed by atoms with Crippen molar-refractivity contribution in [3.8, 4) is 0 Å². The number of rotatable bonds is 6. The molecule has 0 saturated carbocycles. The van der Waals surface area contributed by atoms with Crippen LogP contribution >= 0.6 is 0 Å². The van der Waals surface area contributed by atoms with Crippen LogP contribution in [0.3, 0.4) is 0 Å². The average molecular weight is 323 g/mol. The molecule has 0 radical (unpaired) electrons. The Kier molecular flexibility index (Phi) is 7.07. The molecule has 1 rings (SSSR count). The zero-order chi connectivity index (χ0) is 16.6. The van der Waals surface area contributed by atoms with Gasteiger partial charge in [0.05, 0.1) is 13.0 Å². The molecule has 0 saturated heterocycles. The smallest absolute Gasteiger partial charge is 0.357 e. The van der Waals surface area contributed by atoms with Gasteiger partial charge in [0.25, 0.3) is 0 Å². The number of benzene rings is 1. The molecular weight excluding hydrogens is 305 g/mol. The van der Waals surface area contributed by atoms with E-state index in [9.17, 15) is 22.0 Å². The first-order valence-electron chi connectivity index (χ1n) is 6.84. The Hall–Kier alpha value is -1.86. The minimum absolute atomic E-state index is 0.239. The van der Waals surface area contributed by atoms with Crippen LogP contribution in [0.1, 0.15) is 18.9 Å². The quantitative estimate of drug-likeness (QED) is 0.480. The summed E-state index contributed by atoms with van der Waals surface area (Å²) < 4.78 is 62.2. The van der Waals surface area contributed by atoms with E-state index in [0.29, 0.717) is 25.1 Å². The Bertz CT molecular complexity index is 479. The molecule has 0 heterocycles. The molecule has 0 aliphatic rings. The molecule has 1 aromatic carbocycles. The van der Waals surface area contributed by atoms with E-state index in [1.165, 1.54) is 12.1 Å². The van der Waals surface area contributed by atoms with Gasteiger partial charge >= 0.3 is 6.18 Å². The van der Waals surface area contributed by atoms with Crippen LogP contribution in [0.4, 0.5) is 22.0 Å². The highest BCUT2D eigenvalue weighted by Crippen LogP contribution is 2.18. The van der Waals surface area contributed by atoms with Gasteiger partial charge in [-0.3, -0.25) is 4.99 Å². The first-order valence-corrected chi connectivity index (χ1v) is 6.84. The van der Waals surface area contributed by atoms with Crippen molar-refractivity contribution < 1.29 is 22.0 Å². The van der Waals surface area contributed by atoms with E-state index < -0.39 is 24.2 Å². The van der Waals surface area contributed by atoms with Gasteiger partial charge in [0.15, 0.2) is 5.96 Å². The molecule has 124 valence electrons. The maximum Gasteiger partial charge on any atom is 0.390 e. The molecule has 8 heteroatoms. The standard InChI is InChI=1S/C14H18F5N3/c1-2-20-13(22-6-4-14(17,18)19)21-5-3-10-7-11(15)9-12(16)8-10/h7-9H,2-6H2,1H3,(H2,20,21,22). The van der Waals surface area contributed by atoms with Gasteiger partial charge in [0.2, 0.25) is 0 Å². The number of nitrogens with one attached hydrogen (secondary N) is 2. The predicted octanol–water partition coefficient (Wildman–Crippen LogP) is 3.01. The van der Waals surface area contributed by atoms with Crippen molar-refractivity contribution in [3.63, 3.8) is 0 Å². The lowest BCUT2D eigenvalue weighted by atomic mass is 10.1. The van der Waals surface area contributed by atoms with Crippen molar-refractivity contribution in [3.05, 3.63) is 35.4 Å². The van der Waals surface area contributed by atoms with Crippen LogP contribution < -0.4 is 10.6 Å². The third-order valence-corrected chi connectivity index (χ3v) is 2.64. The minimum atomic E-state index is -4.25. The van der Waals surface area contributed by atoms with Crippen LogP contribution in [-0.4, -0.2) is 31.8 Å². The molecule has 3 nitrogen and oxygen atoms in total. The minimum Gasteiger partial charge on any atom is -0.357 e. The fourth-order valence-electron chi connectivity index (χ4n) is 1.72. The summed E-state index contributed by atoms with van der Waals surface area (Å²) in [5.41, 5.74) is 0.455. The molecular formula is C14H18F5N3. The van der Waals surface area contributed by atoms with Crippen LogP contribution in [0.2, 0.25) is 0 Å². The lowest BCUT2D eigenvalue weighted by molar-refractivity contribution is -0.132. The van der Waals surface area contributed by atoms with E-state index in [4.69, 9.17) is 0 Å². The summed E-state index contributed by atoms with van der Waals surface area (Å²) in [5.74, 6) is -1.09. The van der Waals surface area contributed by atoms with Gasteiger partial charge in [-0.2, -0.15) is 13.2 Å². The zero-order valence-electron chi connectivity index (χ0n) is 12.1. The molecule has 0 spiro atoms. The van der Waals surface area contributed by atoms with E-state index >= 15 is 0 Å². The molecule has 0 aliphatic heterocycles. The normalized spacial score (nSPS) is 12.4. The molecule has 1 aromatic rings. The lowest BCUT2D eigenvalue weighted by Gasteiger charge is -2.12. The van der Waals surface area contributed by atoms with Crippen LogP contribution in [0, 0.1) is 11.6 Å². The van der Waals surface area contributed by atoms with E-state index in [2.05, 4.69) is 15.6 Å². The van der Waals surface area contributed by atoms with Gasteiger partial charge in [-0.15, -0.1) is 0 Å². The average Bonchev–Trinajstić information content (AvgIpc) is 2.36. The van der Waals surface area contributed by atoms with E-state index in [1.807, 2.05) is 0 Å². The summed E-state index contributed by atoms with van der Waals surface area (Å²) in [7, 11) is 0. The highest BCUT2D eigenvalue weighted by atomic mass is 19.4. The van der Waals surface area contributed by atoms with Crippen molar-refractivity contribution in [1.82, 2.24) is 10.6 Å². The Labute approximate surface area is 125 Å². The van der Waals surface area contributed by atoms with Crippen molar-refractivity contribution in [1.29, 1.82) is 0 Å². The number of hydrogen-bond donors (Lipinski definition) is 2. The highest BCUT2D eigenvalue weighted by molar-refractivity contribution is 5.79. The third kappa shape index (κ3) is 7.80. The first-order chi connectivity index (χ1) is 10.3. The fraction of sp³-hybridized carbons (Fsp3) is 0.500. The number of guanidine groups is 1. The van der Waals surface area contributed by atoms with E-state index in [1.54, 1.807) is 6.92 Å². The first kappa shape index (κ1) is 18.2. The van der Waals surface area contributed by atoms with Crippen molar-refractivity contribution >= 4 is 5.96 Å². The summed E-state index contributed by atoms with van der Waals surface area (Å²) in [6.45, 7) is 2.18. The molecule has 22 heavy (non-hydrogen) atoms. The second-order valence-electron chi connectivity index (χ2n) is 4.58. The third-order valence-electron chi connectivity index (χ3n) is 2.64. The monoisotopic (exact) mass is 323 g/mol. The largest absolute Gasteiger partial charge is 0.390 e. The van der Waals surface area contributed by atoms with Crippen molar-refractivity contribution in [2.75, 3.05) is 19.6 Å². The van der Waals surface area contributed by atoms with E-state index in [0.717, 1.165) is 6.07 Å². The maximum absolute atomic E-state index is 13.0. The maximum atomic E-state index is 13.0. The topological polar surface area (TPSA) is 36.4 Å². The van der Waals surface area contributed by atoms with E-state index in [-0.39, 0.29) is 12.5 Å². The van der Waals surface area contributed by atoms with Crippen LogP contribution in [0.5, 0.6) is 0 Å². The summed E-state index contributed by atoms with van der Waals surface area (Å²) in [6, 6.07) is 3.19. The molecule has 0 amide bonds. The fourth-order valence-corrected chi connectivity index (χ4v) is 1.72. The Balaban J connectivity index is 2.48. The van der Waals surface area contributed by atoms with Crippen LogP contribution in [0.15, 0.2) is 23.2 Å². The molecule has 0 aromatic heterocycles. The van der Waals surface area contributed by atoms with Crippen LogP contribution in [0.25, 0.3) is 0 Å². The molecule has 0 bridgehead atoms. The Morgan fingerprint density at radius 1 is 1.09 bits per heavy atom. The molecule has 0 unspecified atom stereocenters. The Morgan fingerprint density at radius 2 is 1.73 bits per heavy atom. The number of alkyl halides is 3. The Morgan fingerprint density at radius 3 is 2.27 bits per heavy atom. The van der Waals surface area contributed by atoms with Gasteiger partial charge in [-0.1, -0.05) is 0 Å². The molecule has 0 atom stereocenters.